The minimum atomic E-state index is 0.695. The van der Waals surface area contributed by atoms with Crippen LogP contribution in [0, 0.1) is 0 Å². The number of ether oxygens (including phenoxy) is 1. The number of unbranched alkanes of at least 4 members (excludes halogenated alkanes) is 3. The summed E-state index contributed by atoms with van der Waals surface area (Å²) >= 11 is 6.26. The van der Waals surface area contributed by atoms with Crippen LogP contribution in [0.3, 0.4) is 0 Å². The molecule has 0 atom stereocenters. The van der Waals surface area contributed by atoms with Crippen LogP contribution in [-0.2, 0) is 6.54 Å². The smallest absolute Gasteiger partial charge is 0.142 e. The highest BCUT2D eigenvalue weighted by molar-refractivity contribution is 6.32. The zero-order valence-corrected chi connectivity index (χ0v) is 12.8. The maximum atomic E-state index is 6.26. The maximum absolute atomic E-state index is 6.26. The van der Waals surface area contributed by atoms with E-state index in [2.05, 4.69) is 18.0 Å². The van der Waals surface area contributed by atoms with Gasteiger partial charge in [0.25, 0.3) is 0 Å². The highest BCUT2D eigenvalue weighted by Crippen LogP contribution is 2.30. The van der Waals surface area contributed by atoms with E-state index in [4.69, 9.17) is 16.3 Å². The number of nitrogens with one attached hydrogen (secondary N) is 1. The van der Waals surface area contributed by atoms with Crippen molar-refractivity contribution in [2.75, 3.05) is 6.61 Å². The molecule has 1 aliphatic carbocycles. The summed E-state index contributed by atoms with van der Waals surface area (Å²) in [4.78, 5) is 0. The Morgan fingerprint density at radius 3 is 2.90 bits per heavy atom. The number of rotatable bonds is 10. The Labute approximate surface area is 127 Å². The highest BCUT2D eigenvalue weighted by atomic mass is 35.5. The van der Waals surface area contributed by atoms with E-state index in [9.17, 15) is 0 Å². The third kappa shape index (κ3) is 5.18. The second-order valence-corrected chi connectivity index (χ2v) is 5.78. The van der Waals surface area contributed by atoms with Gasteiger partial charge in [-0.05, 0) is 44.6 Å². The molecule has 0 unspecified atom stereocenters. The summed E-state index contributed by atoms with van der Waals surface area (Å²) in [6.45, 7) is 5.31. The first-order valence-corrected chi connectivity index (χ1v) is 7.93. The molecule has 2 rings (SSSR count). The van der Waals surface area contributed by atoms with Gasteiger partial charge in [0, 0.05) is 18.2 Å². The molecule has 0 heterocycles. The van der Waals surface area contributed by atoms with Gasteiger partial charge >= 0.3 is 0 Å². The van der Waals surface area contributed by atoms with E-state index < -0.39 is 0 Å². The predicted molar refractivity (Wildman–Crippen MR) is 85.5 cm³/mol. The van der Waals surface area contributed by atoms with Crippen LogP contribution in [0.15, 0.2) is 30.9 Å². The number of benzene rings is 1. The summed E-state index contributed by atoms with van der Waals surface area (Å²) in [6, 6.07) is 6.67. The van der Waals surface area contributed by atoms with Crippen molar-refractivity contribution >= 4 is 11.6 Å². The van der Waals surface area contributed by atoms with Crippen molar-refractivity contribution in [2.45, 2.75) is 51.1 Å². The van der Waals surface area contributed by atoms with Gasteiger partial charge in [0.05, 0.1) is 11.6 Å². The molecule has 2 nitrogen and oxygen atoms in total. The first kappa shape index (κ1) is 15.4. The van der Waals surface area contributed by atoms with Gasteiger partial charge in [-0.15, -0.1) is 6.58 Å². The fraction of sp³-hybridized carbons (Fsp3) is 0.529. The van der Waals surface area contributed by atoms with Crippen LogP contribution in [0.5, 0.6) is 5.75 Å². The van der Waals surface area contributed by atoms with Crippen molar-refractivity contribution in [1.82, 2.24) is 5.32 Å². The number of para-hydroxylation sites is 1. The molecule has 110 valence electrons. The van der Waals surface area contributed by atoms with E-state index in [0.717, 1.165) is 37.3 Å². The summed E-state index contributed by atoms with van der Waals surface area (Å²) in [5.74, 6) is 0.853. The van der Waals surface area contributed by atoms with Crippen LogP contribution in [0.1, 0.15) is 44.1 Å². The molecule has 0 saturated heterocycles. The monoisotopic (exact) mass is 293 g/mol. The van der Waals surface area contributed by atoms with E-state index in [1.165, 1.54) is 25.7 Å². The normalized spacial score (nSPS) is 14.2. The lowest BCUT2D eigenvalue weighted by Crippen LogP contribution is -2.16. The second kappa shape index (κ2) is 8.33. The zero-order chi connectivity index (χ0) is 14.2. The van der Waals surface area contributed by atoms with Gasteiger partial charge in [-0.25, -0.2) is 0 Å². The van der Waals surface area contributed by atoms with E-state index in [1.54, 1.807) is 0 Å². The lowest BCUT2D eigenvalue weighted by molar-refractivity contribution is 0.302. The molecule has 3 heteroatoms. The molecule has 0 aromatic heterocycles. The van der Waals surface area contributed by atoms with E-state index in [0.29, 0.717) is 11.1 Å². The molecule has 0 radical (unpaired) electrons. The third-order valence-corrected chi connectivity index (χ3v) is 3.80. The van der Waals surface area contributed by atoms with Crippen LogP contribution in [0.4, 0.5) is 0 Å². The highest BCUT2D eigenvalue weighted by Gasteiger charge is 2.21. The van der Waals surface area contributed by atoms with Crippen LogP contribution in [0.2, 0.25) is 5.02 Å². The molecule has 0 amide bonds. The Bertz CT molecular complexity index is 429. The molecule has 0 spiro atoms. The van der Waals surface area contributed by atoms with Crippen molar-refractivity contribution in [3.05, 3.63) is 41.4 Å². The third-order valence-electron chi connectivity index (χ3n) is 3.51. The maximum Gasteiger partial charge on any atom is 0.142 e. The molecule has 0 bridgehead atoms. The summed E-state index contributed by atoms with van der Waals surface area (Å²) in [5.41, 5.74) is 1.16. The molecule has 1 aromatic carbocycles. The van der Waals surface area contributed by atoms with Gasteiger partial charge in [0.1, 0.15) is 5.75 Å². The molecule has 1 aromatic rings. The average molecular weight is 294 g/mol. The van der Waals surface area contributed by atoms with E-state index in [1.807, 2.05) is 18.2 Å². The molecule has 0 aliphatic heterocycles. The first-order chi connectivity index (χ1) is 9.81. The van der Waals surface area contributed by atoms with Gasteiger partial charge < -0.3 is 10.1 Å². The SMILES string of the molecule is C=CCCCCCOc1c(Cl)cccc1CNC1CC1. The molecule has 1 fully saturated rings. The average Bonchev–Trinajstić information content (AvgIpc) is 3.26. The molecular formula is C17H24ClNO. The van der Waals surface area contributed by atoms with E-state index in [-0.39, 0.29) is 0 Å². The predicted octanol–water partition coefficient (Wildman–Crippen LogP) is 4.72. The fourth-order valence-electron chi connectivity index (χ4n) is 2.14. The Balaban J connectivity index is 1.79. The minimum Gasteiger partial charge on any atom is -0.492 e. The van der Waals surface area contributed by atoms with Crippen LogP contribution in [0.25, 0.3) is 0 Å². The Kier molecular flexibility index (Phi) is 6.41. The van der Waals surface area contributed by atoms with Crippen LogP contribution in [-0.4, -0.2) is 12.6 Å². The Morgan fingerprint density at radius 1 is 1.30 bits per heavy atom. The molecule has 1 N–H and O–H groups in total. The molecular weight excluding hydrogens is 270 g/mol. The largest absolute Gasteiger partial charge is 0.492 e. The number of allylic oxidation sites excluding steroid dienone is 1. The Morgan fingerprint density at radius 2 is 2.15 bits per heavy atom. The van der Waals surface area contributed by atoms with Crippen molar-refractivity contribution in [3.63, 3.8) is 0 Å². The van der Waals surface area contributed by atoms with Gasteiger partial charge in [0.2, 0.25) is 0 Å². The summed E-state index contributed by atoms with van der Waals surface area (Å²) in [5, 5.41) is 4.22. The molecule has 1 saturated carbocycles. The number of halogens is 1. The molecule has 1 aliphatic rings. The van der Waals surface area contributed by atoms with Crippen molar-refractivity contribution < 1.29 is 4.74 Å². The van der Waals surface area contributed by atoms with Gasteiger partial charge in [-0.2, -0.15) is 0 Å². The quantitative estimate of drug-likeness (QED) is 0.498. The van der Waals surface area contributed by atoms with Gasteiger partial charge in [0.15, 0.2) is 0 Å². The fourth-order valence-corrected chi connectivity index (χ4v) is 2.39. The Hall–Kier alpha value is -0.990. The van der Waals surface area contributed by atoms with Crippen molar-refractivity contribution in [2.24, 2.45) is 0 Å². The number of hydrogen-bond acceptors (Lipinski definition) is 2. The van der Waals surface area contributed by atoms with Crippen LogP contribution >= 0.6 is 11.6 Å². The van der Waals surface area contributed by atoms with Crippen molar-refractivity contribution in [1.29, 1.82) is 0 Å². The lowest BCUT2D eigenvalue weighted by atomic mass is 10.2. The van der Waals surface area contributed by atoms with Crippen molar-refractivity contribution in [3.8, 4) is 5.75 Å². The lowest BCUT2D eigenvalue weighted by Gasteiger charge is -2.13. The summed E-state index contributed by atoms with van der Waals surface area (Å²) < 4.78 is 5.90. The van der Waals surface area contributed by atoms with Gasteiger partial charge in [-0.1, -0.05) is 29.8 Å². The molecule has 20 heavy (non-hydrogen) atoms. The van der Waals surface area contributed by atoms with E-state index >= 15 is 0 Å². The number of hydrogen-bond donors (Lipinski definition) is 1. The standard InChI is InChI=1S/C17H24ClNO/c1-2-3-4-5-6-12-20-17-14(8-7-9-16(17)18)13-19-15-10-11-15/h2,7-9,15,19H,1,3-6,10-13H2. The summed E-state index contributed by atoms with van der Waals surface area (Å²) in [6.07, 6.45) is 9.06. The van der Waals surface area contributed by atoms with Gasteiger partial charge in [-0.3, -0.25) is 0 Å². The second-order valence-electron chi connectivity index (χ2n) is 5.37. The zero-order valence-electron chi connectivity index (χ0n) is 12.0. The first-order valence-electron chi connectivity index (χ1n) is 7.55. The van der Waals surface area contributed by atoms with Crippen LogP contribution < -0.4 is 10.1 Å². The summed E-state index contributed by atoms with van der Waals surface area (Å²) in [7, 11) is 0. The minimum absolute atomic E-state index is 0.695. The topological polar surface area (TPSA) is 21.3 Å².